The zero-order chi connectivity index (χ0) is 18.6. The summed E-state index contributed by atoms with van der Waals surface area (Å²) in [6, 6.07) is 7.72. The molecule has 1 N–H and O–H groups in total. The number of anilines is 1. The smallest absolute Gasteiger partial charge is 0.327 e. The van der Waals surface area contributed by atoms with E-state index in [0.29, 0.717) is 5.69 Å². The molecule has 1 aliphatic heterocycles. The van der Waals surface area contributed by atoms with Gasteiger partial charge in [0.1, 0.15) is 19.2 Å². The minimum Gasteiger partial charge on any atom is -0.451 e. The molecule has 0 unspecified atom stereocenters. The first-order valence-corrected chi connectivity index (χ1v) is 7.38. The minimum atomic E-state index is -1.16. The summed E-state index contributed by atoms with van der Waals surface area (Å²) in [6.45, 7) is 0.684. The van der Waals surface area contributed by atoms with Crippen LogP contribution in [0.15, 0.2) is 24.3 Å². The molecule has 1 aromatic carbocycles. The molecule has 1 atom stereocenters. The van der Waals surface area contributed by atoms with E-state index in [2.05, 4.69) is 5.32 Å². The lowest BCUT2D eigenvalue weighted by Crippen LogP contribution is -2.39. The molecule has 9 heteroatoms. The molecule has 4 amide bonds. The van der Waals surface area contributed by atoms with Crippen LogP contribution in [0.25, 0.3) is 0 Å². The highest BCUT2D eigenvalue weighted by molar-refractivity contribution is 6.04. The van der Waals surface area contributed by atoms with Gasteiger partial charge in [-0.15, -0.1) is 0 Å². The van der Waals surface area contributed by atoms with Crippen LogP contribution < -0.4 is 5.32 Å². The van der Waals surface area contributed by atoms with Gasteiger partial charge >= 0.3 is 12.0 Å². The molecule has 25 heavy (non-hydrogen) atoms. The van der Waals surface area contributed by atoms with Crippen LogP contribution in [0.2, 0.25) is 0 Å². The normalized spacial score (nSPS) is 14.9. The van der Waals surface area contributed by atoms with E-state index in [-0.39, 0.29) is 12.1 Å². The van der Waals surface area contributed by atoms with Gasteiger partial charge in [-0.25, -0.2) is 4.79 Å². The molecule has 9 nitrogen and oxygen atoms in total. The van der Waals surface area contributed by atoms with Crippen molar-refractivity contribution in [2.75, 3.05) is 25.5 Å². The molecule has 1 saturated heterocycles. The molecule has 130 valence electrons. The van der Waals surface area contributed by atoms with Crippen molar-refractivity contribution in [3.63, 3.8) is 0 Å². The van der Waals surface area contributed by atoms with Gasteiger partial charge in [-0.3, -0.25) is 19.3 Å². The van der Waals surface area contributed by atoms with Gasteiger partial charge in [-0.05, 0) is 19.1 Å². The average Bonchev–Trinajstić information content (AvgIpc) is 2.81. The number of amides is 4. The highest BCUT2D eigenvalue weighted by atomic mass is 16.5. The molecule has 0 radical (unpaired) electrons. The van der Waals surface area contributed by atoms with Gasteiger partial charge in [0.05, 0.1) is 11.3 Å². The van der Waals surface area contributed by atoms with Gasteiger partial charge < -0.3 is 15.0 Å². The maximum absolute atomic E-state index is 12.1. The number of nitriles is 1. The monoisotopic (exact) mass is 344 g/mol. The number of hydrogen-bond donors (Lipinski definition) is 1. The van der Waals surface area contributed by atoms with Gasteiger partial charge in [0.2, 0.25) is 0 Å². The van der Waals surface area contributed by atoms with E-state index in [4.69, 9.17) is 10.00 Å². The Bertz CT molecular complexity index is 770. The first kappa shape index (κ1) is 17.9. The zero-order valence-corrected chi connectivity index (χ0v) is 13.7. The van der Waals surface area contributed by atoms with E-state index in [1.54, 1.807) is 18.2 Å². The van der Waals surface area contributed by atoms with E-state index >= 15 is 0 Å². The average molecular weight is 344 g/mol. The fourth-order valence-electron chi connectivity index (χ4n) is 2.17. The standard InChI is InChI=1S/C16H16N4O5/c1-10(15(23)18-12-6-4-3-5-11(12)7-17)25-14(22)9-20-13(21)8-19(2)16(20)24/h3-6,10H,8-9H2,1-2H3,(H,18,23)/t10-/m0/s1. The summed E-state index contributed by atoms with van der Waals surface area (Å²) in [6.07, 6.45) is -1.16. The fourth-order valence-corrected chi connectivity index (χ4v) is 2.17. The Morgan fingerprint density at radius 1 is 1.36 bits per heavy atom. The number of rotatable bonds is 5. The summed E-state index contributed by atoms with van der Waals surface area (Å²) in [5.74, 6) is -2.02. The number of urea groups is 1. The van der Waals surface area contributed by atoms with E-state index in [9.17, 15) is 19.2 Å². The van der Waals surface area contributed by atoms with Crippen molar-refractivity contribution in [1.82, 2.24) is 9.80 Å². The van der Waals surface area contributed by atoms with Crippen LogP contribution in [0.3, 0.4) is 0 Å². The third kappa shape index (κ3) is 4.11. The van der Waals surface area contributed by atoms with E-state index < -0.39 is 36.5 Å². The number of imide groups is 1. The number of nitrogens with zero attached hydrogens (tertiary/aromatic N) is 3. The Balaban J connectivity index is 1.92. The predicted octanol–water partition coefficient (Wildman–Crippen LogP) is 0.322. The van der Waals surface area contributed by atoms with Crippen molar-refractivity contribution in [3.05, 3.63) is 29.8 Å². The Kier molecular flexibility index (Phi) is 5.34. The number of benzene rings is 1. The quantitative estimate of drug-likeness (QED) is 0.607. The van der Waals surface area contributed by atoms with E-state index in [1.807, 2.05) is 6.07 Å². The molecule has 1 fully saturated rings. The van der Waals surface area contributed by atoms with Crippen LogP contribution in [0.1, 0.15) is 12.5 Å². The number of hydrogen-bond acceptors (Lipinski definition) is 6. The Hall–Kier alpha value is -3.41. The molecule has 0 aliphatic carbocycles. The van der Waals surface area contributed by atoms with Gasteiger partial charge in [-0.2, -0.15) is 5.26 Å². The van der Waals surface area contributed by atoms with Gasteiger partial charge in [-0.1, -0.05) is 12.1 Å². The largest absolute Gasteiger partial charge is 0.451 e. The third-order valence-corrected chi connectivity index (χ3v) is 3.50. The van der Waals surface area contributed by atoms with E-state index in [0.717, 1.165) is 4.90 Å². The molecule has 2 rings (SSSR count). The molecule has 0 saturated carbocycles. The third-order valence-electron chi connectivity index (χ3n) is 3.50. The van der Waals surface area contributed by atoms with E-state index in [1.165, 1.54) is 24.9 Å². The Morgan fingerprint density at radius 2 is 2.04 bits per heavy atom. The number of nitrogens with one attached hydrogen (secondary N) is 1. The lowest BCUT2D eigenvalue weighted by atomic mass is 10.2. The van der Waals surface area contributed by atoms with Gasteiger partial charge in [0.15, 0.2) is 6.10 Å². The summed E-state index contributed by atoms with van der Waals surface area (Å²) in [5.41, 5.74) is 0.565. The maximum Gasteiger partial charge on any atom is 0.327 e. The van der Waals surface area contributed by atoms with Crippen LogP contribution >= 0.6 is 0 Å². The highest BCUT2D eigenvalue weighted by Crippen LogP contribution is 2.14. The van der Waals surface area contributed by atoms with Crippen molar-refractivity contribution >= 4 is 29.5 Å². The Labute approximate surface area is 143 Å². The van der Waals surface area contributed by atoms with Crippen LogP contribution in [0, 0.1) is 11.3 Å². The second kappa shape index (κ2) is 7.44. The van der Waals surface area contributed by atoms with Crippen LogP contribution in [-0.4, -0.2) is 59.9 Å². The van der Waals surface area contributed by atoms with Crippen LogP contribution in [0.5, 0.6) is 0 Å². The van der Waals surface area contributed by atoms with Crippen LogP contribution in [-0.2, 0) is 19.1 Å². The molecule has 1 aliphatic rings. The second-order valence-corrected chi connectivity index (χ2v) is 5.40. The second-order valence-electron chi connectivity index (χ2n) is 5.40. The molecular weight excluding hydrogens is 328 g/mol. The molecule has 1 aromatic rings. The SMILES string of the molecule is C[C@H](OC(=O)CN1C(=O)CN(C)C1=O)C(=O)Nc1ccccc1C#N. The minimum absolute atomic E-state index is 0.104. The Morgan fingerprint density at radius 3 is 2.64 bits per heavy atom. The molecule has 0 spiro atoms. The first-order chi connectivity index (χ1) is 11.8. The van der Waals surface area contributed by atoms with Crippen molar-refractivity contribution < 1.29 is 23.9 Å². The number of likely N-dealkylation sites (N-methyl/N-ethyl adjacent to an activating group) is 1. The summed E-state index contributed by atoms with van der Waals surface area (Å²) in [7, 11) is 1.44. The lowest BCUT2D eigenvalue weighted by Gasteiger charge is -2.17. The number of para-hydroxylation sites is 1. The number of esters is 1. The molecule has 1 heterocycles. The lowest BCUT2D eigenvalue weighted by molar-refractivity contribution is -0.154. The van der Waals surface area contributed by atoms with Crippen molar-refractivity contribution in [2.45, 2.75) is 13.0 Å². The zero-order valence-electron chi connectivity index (χ0n) is 13.7. The number of carbonyl (C=O) groups is 4. The van der Waals surface area contributed by atoms with Crippen molar-refractivity contribution in [3.8, 4) is 6.07 Å². The topological polar surface area (TPSA) is 120 Å². The predicted molar refractivity (Wildman–Crippen MR) is 85.1 cm³/mol. The fraction of sp³-hybridized carbons (Fsp3) is 0.312. The van der Waals surface area contributed by atoms with Crippen molar-refractivity contribution in [1.29, 1.82) is 5.26 Å². The molecular formula is C16H16N4O5. The summed E-state index contributed by atoms with van der Waals surface area (Å²) < 4.78 is 4.95. The first-order valence-electron chi connectivity index (χ1n) is 7.38. The van der Waals surface area contributed by atoms with Crippen molar-refractivity contribution in [2.24, 2.45) is 0 Å². The molecule has 0 bridgehead atoms. The maximum atomic E-state index is 12.1. The van der Waals surface area contributed by atoms with Gasteiger partial charge in [0.25, 0.3) is 11.8 Å². The molecule has 0 aromatic heterocycles. The number of ether oxygens (including phenoxy) is 1. The summed E-state index contributed by atoms with van der Waals surface area (Å²) in [5, 5.41) is 11.5. The van der Waals surface area contributed by atoms with Crippen LogP contribution in [0.4, 0.5) is 10.5 Å². The van der Waals surface area contributed by atoms with Gasteiger partial charge in [0, 0.05) is 7.05 Å². The summed E-state index contributed by atoms with van der Waals surface area (Å²) >= 11 is 0. The summed E-state index contributed by atoms with van der Waals surface area (Å²) in [4.78, 5) is 49.2. The number of carbonyl (C=O) groups excluding carboxylic acids is 4. The highest BCUT2D eigenvalue weighted by Gasteiger charge is 2.35.